The van der Waals surface area contributed by atoms with Crippen molar-refractivity contribution in [2.45, 2.75) is 26.4 Å². The predicted octanol–water partition coefficient (Wildman–Crippen LogP) is 2.41. The van der Waals surface area contributed by atoms with Crippen LogP contribution in [-0.4, -0.2) is 25.1 Å². The summed E-state index contributed by atoms with van der Waals surface area (Å²) in [6.07, 6.45) is 1.84. The zero-order valence-electron chi connectivity index (χ0n) is 9.71. The number of aromatic nitrogens is 1. The minimum absolute atomic E-state index is 0.453. The number of hydrogen-bond donors (Lipinski definition) is 1. The van der Waals surface area contributed by atoms with Crippen molar-refractivity contribution >= 4 is 21.7 Å². The molecule has 0 aliphatic carbocycles. The summed E-state index contributed by atoms with van der Waals surface area (Å²) < 4.78 is 1.02. The van der Waals surface area contributed by atoms with Gasteiger partial charge >= 0.3 is 0 Å². The van der Waals surface area contributed by atoms with Gasteiger partial charge in [-0.25, -0.2) is 4.98 Å². The van der Waals surface area contributed by atoms with E-state index in [1.807, 2.05) is 13.2 Å². The maximum atomic E-state index is 4.46. The molecule has 3 nitrogen and oxygen atoms in total. The van der Waals surface area contributed by atoms with Gasteiger partial charge in [-0.3, -0.25) is 0 Å². The van der Waals surface area contributed by atoms with E-state index in [0.29, 0.717) is 6.04 Å². The molecule has 84 valence electrons. The lowest BCUT2D eigenvalue weighted by atomic mass is 10.2. The summed E-state index contributed by atoms with van der Waals surface area (Å²) in [7, 11) is 4.01. The molecule has 0 unspecified atom stereocenters. The summed E-state index contributed by atoms with van der Waals surface area (Å²) in [5.41, 5.74) is 1.21. The van der Waals surface area contributed by atoms with Gasteiger partial charge in [-0.2, -0.15) is 0 Å². The summed E-state index contributed by atoms with van der Waals surface area (Å²) in [5, 5.41) is 3.16. The maximum absolute atomic E-state index is 4.46. The molecule has 15 heavy (non-hydrogen) atoms. The van der Waals surface area contributed by atoms with Crippen molar-refractivity contribution in [3.8, 4) is 0 Å². The van der Waals surface area contributed by atoms with Crippen molar-refractivity contribution in [1.82, 2.24) is 10.3 Å². The normalized spacial score (nSPS) is 10.8. The van der Waals surface area contributed by atoms with E-state index in [-0.39, 0.29) is 0 Å². The highest BCUT2D eigenvalue weighted by molar-refractivity contribution is 9.10. The van der Waals surface area contributed by atoms with Crippen LogP contribution in [0.4, 0.5) is 5.82 Å². The first-order valence-corrected chi connectivity index (χ1v) is 5.87. The largest absolute Gasteiger partial charge is 0.357 e. The van der Waals surface area contributed by atoms with Gasteiger partial charge in [-0.15, -0.1) is 0 Å². The molecule has 1 heterocycles. The Morgan fingerprint density at radius 3 is 2.73 bits per heavy atom. The zero-order valence-corrected chi connectivity index (χ0v) is 11.3. The smallest absolute Gasteiger partial charge is 0.133 e. The second kappa shape index (κ2) is 5.47. The summed E-state index contributed by atoms with van der Waals surface area (Å²) in [4.78, 5) is 6.64. The molecule has 0 fully saturated rings. The lowest BCUT2D eigenvalue weighted by Crippen LogP contribution is -2.28. The fraction of sp³-hybridized carbons (Fsp3) is 0.545. The third-order valence-electron chi connectivity index (χ3n) is 2.39. The molecule has 0 bridgehead atoms. The third kappa shape index (κ3) is 3.18. The molecule has 4 heteroatoms. The van der Waals surface area contributed by atoms with Crippen LogP contribution in [-0.2, 0) is 6.54 Å². The molecule has 0 spiro atoms. The van der Waals surface area contributed by atoms with Crippen molar-refractivity contribution in [2.24, 2.45) is 0 Å². The molecule has 0 aromatic carbocycles. The quantitative estimate of drug-likeness (QED) is 0.912. The van der Waals surface area contributed by atoms with E-state index in [0.717, 1.165) is 16.8 Å². The van der Waals surface area contributed by atoms with Crippen molar-refractivity contribution in [3.63, 3.8) is 0 Å². The summed E-state index contributed by atoms with van der Waals surface area (Å²) in [6.45, 7) is 5.15. The Hall–Kier alpha value is -0.610. The Labute approximate surface area is 100 Å². The van der Waals surface area contributed by atoms with Crippen LogP contribution in [0.1, 0.15) is 19.4 Å². The molecule has 0 saturated carbocycles. The molecule has 0 radical (unpaired) electrons. The van der Waals surface area contributed by atoms with Crippen LogP contribution in [0.5, 0.6) is 0 Å². The lowest BCUT2D eigenvalue weighted by molar-refractivity contribution is 0.726. The lowest BCUT2D eigenvalue weighted by Gasteiger charge is -2.25. The number of nitrogens with zero attached hydrogens (tertiary/aromatic N) is 2. The number of nitrogens with one attached hydrogen (secondary N) is 1. The molecule has 1 aromatic rings. The number of hydrogen-bond acceptors (Lipinski definition) is 3. The third-order valence-corrected chi connectivity index (χ3v) is 2.82. The van der Waals surface area contributed by atoms with Crippen LogP contribution >= 0.6 is 15.9 Å². The number of halogens is 1. The second-order valence-corrected chi connectivity index (χ2v) is 4.79. The van der Waals surface area contributed by atoms with Crippen molar-refractivity contribution < 1.29 is 0 Å². The molecule has 0 saturated heterocycles. The molecule has 1 aromatic heterocycles. The van der Waals surface area contributed by atoms with E-state index < -0.39 is 0 Å². The molecule has 0 aliphatic rings. The van der Waals surface area contributed by atoms with Crippen LogP contribution in [0, 0.1) is 0 Å². The van der Waals surface area contributed by atoms with E-state index in [9.17, 15) is 0 Å². The van der Waals surface area contributed by atoms with Gasteiger partial charge in [0.25, 0.3) is 0 Å². The molecular formula is C11H18BrN3. The van der Waals surface area contributed by atoms with E-state index in [2.05, 4.69) is 58.1 Å². The van der Waals surface area contributed by atoms with Crippen molar-refractivity contribution in [1.29, 1.82) is 0 Å². The van der Waals surface area contributed by atoms with E-state index in [4.69, 9.17) is 0 Å². The van der Waals surface area contributed by atoms with Gasteiger partial charge in [-0.1, -0.05) is 0 Å². The molecule has 1 rings (SSSR count). The van der Waals surface area contributed by atoms with Gasteiger partial charge < -0.3 is 10.2 Å². The van der Waals surface area contributed by atoms with Gasteiger partial charge in [0.1, 0.15) is 5.82 Å². The Morgan fingerprint density at radius 1 is 1.53 bits per heavy atom. The van der Waals surface area contributed by atoms with Crippen LogP contribution in [0.15, 0.2) is 16.7 Å². The first kappa shape index (κ1) is 12.5. The Kier molecular flexibility index (Phi) is 4.54. The Bertz CT molecular complexity index is 326. The van der Waals surface area contributed by atoms with Gasteiger partial charge in [0, 0.05) is 35.9 Å². The van der Waals surface area contributed by atoms with Gasteiger partial charge in [0.15, 0.2) is 0 Å². The summed E-state index contributed by atoms with van der Waals surface area (Å²) in [6, 6.07) is 2.56. The minimum Gasteiger partial charge on any atom is -0.357 e. The van der Waals surface area contributed by atoms with Gasteiger partial charge in [0.2, 0.25) is 0 Å². The van der Waals surface area contributed by atoms with Crippen LogP contribution in [0.25, 0.3) is 0 Å². The molecule has 0 atom stereocenters. The monoisotopic (exact) mass is 271 g/mol. The predicted molar refractivity (Wildman–Crippen MR) is 68.2 cm³/mol. The summed E-state index contributed by atoms with van der Waals surface area (Å²) >= 11 is 3.44. The SMILES string of the molecule is CNCc1cc(Br)cnc1N(C)C(C)C. The van der Waals surface area contributed by atoms with Crippen molar-refractivity contribution in [2.75, 3.05) is 19.0 Å². The average molecular weight is 272 g/mol. The van der Waals surface area contributed by atoms with Gasteiger partial charge in [-0.05, 0) is 42.9 Å². The minimum atomic E-state index is 0.453. The standard InChI is InChI=1S/C11H18BrN3/c1-8(2)15(4)11-9(6-13-3)5-10(12)7-14-11/h5,7-8,13H,6H2,1-4H3. The van der Waals surface area contributed by atoms with Crippen LogP contribution < -0.4 is 10.2 Å². The molecule has 0 amide bonds. The van der Waals surface area contributed by atoms with Crippen molar-refractivity contribution in [3.05, 3.63) is 22.3 Å². The molecule has 0 aliphatic heterocycles. The van der Waals surface area contributed by atoms with Gasteiger partial charge in [0.05, 0.1) is 0 Å². The number of pyridine rings is 1. The highest BCUT2D eigenvalue weighted by Crippen LogP contribution is 2.21. The highest BCUT2D eigenvalue weighted by Gasteiger charge is 2.11. The molecular weight excluding hydrogens is 254 g/mol. The highest BCUT2D eigenvalue weighted by atomic mass is 79.9. The van der Waals surface area contributed by atoms with E-state index in [1.165, 1.54) is 5.56 Å². The Morgan fingerprint density at radius 2 is 2.20 bits per heavy atom. The topological polar surface area (TPSA) is 28.2 Å². The number of anilines is 1. The first-order valence-electron chi connectivity index (χ1n) is 5.08. The fourth-order valence-electron chi connectivity index (χ4n) is 1.36. The molecule has 1 N–H and O–H groups in total. The first-order chi connectivity index (χ1) is 7.06. The maximum Gasteiger partial charge on any atom is 0.133 e. The Balaban J connectivity index is 3.04. The number of rotatable bonds is 4. The van der Waals surface area contributed by atoms with Crippen LogP contribution in [0.2, 0.25) is 0 Å². The van der Waals surface area contributed by atoms with E-state index >= 15 is 0 Å². The van der Waals surface area contributed by atoms with E-state index in [1.54, 1.807) is 0 Å². The zero-order chi connectivity index (χ0) is 11.4. The second-order valence-electron chi connectivity index (χ2n) is 3.87. The average Bonchev–Trinajstić information content (AvgIpc) is 2.17. The summed E-state index contributed by atoms with van der Waals surface area (Å²) in [5.74, 6) is 1.04. The fourth-order valence-corrected chi connectivity index (χ4v) is 1.74. The van der Waals surface area contributed by atoms with Crippen LogP contribution in [0.3, 0.4) is 0 Å².